The van der Waals surface area contributed by atoms with Gasteiger partial charge in [-0.15, -0.1) is 0 Å². The molecule has 0 aliphatic carbocycles. The number of ketones is 1. The third-order valence-electron chi connectivity index (χ3n) is 3.84. The highest BCUT2D eigenvalue weighted by Gasteiger charge is 2.37. The Hall–Kier alpha value is -0.900. The minimum atomic E-state index is -1.01. The van der Waals surface area contributed by atoms with Gasteiger partial charge in [-0.1, -0.05) is 58.3 Å². The monoisotopic (exact) mass is 300 g/mol. The normalized spacial score (nSPS) is 13.1. The third-order valence-corrected chi connectivity index (χ3v) is 3.84. The molecule has 1 atom stereocenters. The number of hydrogen-bond donors (Lipinski definition) is 1. The molecule has 0 spiro atoms. The van der Waals surface area contributed by atoms with Gasteiger partial charge >= 0.3 is 5.97 Å². The van der Waals surface area contributed by atoms with Crippen LogP contribution in [0.3, 0.4) is 0 Å². The van der Waals surface area contributed by atoms with Crippen molar-refractivity contribution >= 4 is 11.8 Å². The zero-order valence-corrected chi connectivity index (χ0v) is 14.4. The summed E-state index contributed by atoms with van der Waals surface area (Å²) in [5.41, 5.74) is 0. The Morgan fingerprint density at radius 2 is 1.29 bits per heavy atom. The molecule has 0 aliphatic heterocycles. The molecule has 0 rings (SSSR count). The second-order valence-electron chi connectivity index (χ2n) is 6.90. The molecule has 1 N–H and O–H groups in total. The molecule has 0 bridgehead atoms. The molecule has 0 saturated carbocycles. The highest BCUT2D eigenvalue weighted by Crippen LogP contribution is 2.13. The number of carboxylic acids is 1. The third kappa shape index (κ3) is 9.62. The van der Waals surface area contributed by atoms with Crippen molar-refractivity contribution in [2.45, 2.75) is 77.2 Å². The van der Waals surface area contributed by atoms with E-state index in [9.17, 15) is 14.7 Å². The summed E-state index contributed by atoms with van der Waals surface area (Å²) in [6, 6.07) is -0.931. The lowest BCUT2D eigenvalue weighted by molar-refractivity contribution is -0.878. The van der Waals surface area contributed by atoms with Gasteiger partial charge in [0, 0.05) is 6.42 Å². The smallest absolute Gasteiger partial charge is 0.370 e. The van der Waals surface area contributed by atoms with Gasteiger partial charge in [0.2, 0.25) is 11.8 Å². The molecule has 4 heteroatoms. The van der Waals surface area contributed by atoms with E-state index < -0.39 is 12.0 Å². The van der Waals surface area contributed by atoms with Gasteiger partial charge in [0.05, 0.1) is 21.1 Å². The minimum Gasteiger partial charge on any atom is -0.476 e. The molecular weight excluding hydrogens is 266 g/mol. The predicted octanol–water partition coefficient (Wildman–Crippen LogP) is 3.64. The van der Waals surface area contributed by atoms with Crippen LogP contribution in [-0.4, -0.2) is 48.5 Å². The fourth-order valence-electron chi connectivity index (χ4n) is 2.65. The number of unbranched alkanes of at least 4 members (excludes halogenated alkanes) is 8. The molecular formula is C17H34NO3+. The van der Waals surface area contributed by atoms with Crippen molar-refractivity contribution in [1.29, 1.82) is 0 Å². The van der Waals surface area contributed by atoms with Crippen molar-refractivity contribution in [1.82, 2.24) is 0 Å². The zero-order chi connectivity index (χ0) is 16.3. The van der Waals surface area contributed by atoms with Crippen LogP contribution in [0.4, 0.5) is 0 Å². The zero-order valence-electron chi connectivity index (χ0n) is 14.4. The number of carboxylic acid groups (broad SMARTS) is 1. The lowest BCUT2D eigenvalue weighted by Gasteiger charge is -2.29. The van der Waals surface area contributed by atoms with Crippen LogP contribution in [0.15, 0.2) is 0 Å². The summed E-state index contributed by atoms with van der Waals surface area (Å²) < 4.78 is 0.158. The predicted molar refractivity (Wildman–Crippen MR) is 86.3 cm³/mol. The van der Waals surface area contributed by atoms with Crippen LogP contribution in [0.2, 0.25) is 0 Å². The van der Waals surface area contributed by atoms with E-state index in [1.807, 2.05) is 0 Å². The number of rotatable bonds is 13. The second-order valence-corrected chi connectivity index (χ2v) is 6.90. The van der Waals surface area contributed by atoms with Gasteiger partial charge in [-0.05, 0) is 6.42 Å². The summed E-state index contributed by atoms with van der Waals surface area (Å²) in [4.78, 5) is 23.3. The lowest BCUT2D eigenvalue weighted by atomic mass is 10.0. The summed E-state index contributed by atoms with van der Waals surface area (Å²) in [5, 5.41) is 9.19. The van der Waals surface area contributed by atoms with Crippen LogP contribution < -0.4 is 0 Å². The SMILES string of the molecule is CCCCCCCCCCCC(=O)C(C(=O)O)[N+](C)(C)C. The number of carbonyl (C=O) groups excluding carboxylic acids is 1. The molecule has 1 unspecified atom stereocenters. The molecule has 0 aliphatic rings. The molecule has 124 valence electrons. The van der Waals surface area contributed by atoms with Crippen molar-refractivity contribution in [3.05, 3.63) is 0 Å². The van der Waals surface area contributed by atoms with Gasteiger partial charge in [0.15, 0.2) is 0 Å². The summed E-state index contributed by atoms with van der Waals surface area (Å²) in [5.74, 6) is -1.15. The fourth-order valence-corrected chi connectivity index (χ4v) is 2.65. The minimum absolute atomic E-state index is 0.141. The van der Waals surface area contributed by atoms with E-state index in [2.05, 4.69) is 6.92 Å². The average Bonchev–Trinajstić information content (AvgIpc) is 2.34. The van der Waals surface area contributed by atoms with Gasteiger partial charge in [-0.25, -0.2) is 4.79 Å². The summed E-state index contributed by atoms with van der Waals surface area (Å²) >= 11 is 0. The number of quaternary nitrogens is 1. The first-order valence-electron chi connectivity index (χ1n) is 8.37. The Morgan fingerprint density at radius 3 is 1.67 bits per heavy atom. The van der Waals surface area contributed by atoms with Crippen LogP contribution in [0.25, 0.3) is 0 Å². The largest absolute Gasteiger partial charge is 0.476 e. The Morgan fingerprint density at radius 1 is 0.857 bits per heavy atom. The maximum Gasteiger partial charge on any atom is 0.370 e. The Bertz CT molecular complexity index is 308. The van der Waals surface area contributed by atoms with Crippen molar-refractivity contribution < 1.29 is 19.2 Å². The first-order chi connectivity index (χ1) is 9.80. The van der Waals surface area contributed by atoms with Crippen molar-refractivity contribution in [3.8, 4) is 0 Å². The topological polar surface area (TPSA) is 54.4 Å². The Balaban J connectivity index is 3.76. The van der Waals surface area contributed by atoms with E-state index in [4.69, 9.17) is 0 Å². The summed E-state index contributed by atoms with van der Waals surface area (Å²) in [7, 11) is 5.27. The maximum absolute atomic E-state index is 12.0. The lowest BCUT2D eigenvalue weighted by Crippen LogP contribution is -2.54. The van der Waals surface area contributed by atoms with Crippen molar-refractivity contribution in [2.24, 2.45) is 0 Å². The highest BCUT2D eigenvalue weighted by molar-refractivity contribution is 6.01. The Labute approximate surface area is 130 Å². The van der Waals surface area contributed by atoms with Crippen molar-refractivity contribution in [3.63, 3.8) is 0 Å². The van der Waals surface area contributed by atoms with E-state index in [0.717, 1.165) is 19.3 Å². The van der Waals surface area contributed by atoms with E-state index in [1.54, 1.807) is 21.1 Å². The van der Waals surface area contributed by atoms with Crippen LogP contribution in [-0.2, 0) is 9.59 Å². The van der Waals surface area contributed by atoms with Gasteiger partial charge in [0.1, 0.15) is 0 Å². The molecule has 0 radical (unpaired) electrons. The van der Waals surface area contributed by atoms with Gasteiger partial charge < -0.3 is 9.59 Å². The number of aliphatic carboxylic acids is 1. The van der Waals surface area contributed by atoms with Crippen LogP contribution in [0.5, 0.6) is 0 Å². The van der Waals surface area contributed by atoms with E-state index in [1.165, 1.54) is 38.5 Å². The summed E-state index contributed by atoms with van der Waals surface area (Å²) in [6.45, 7) is 2.22. The Kier molecular flexibility index (Phi) is 10.3. The van der Waals surface area contributed by atoms with Gasteiger partial charge in [-0.3, -0.25) is 4.79 Å². The molecule has 0 heterocycles. The van der Waals surface area contributed by atoms with Gasteiger partial charge in [-0.2, -0.15) is 0 Å². The van der Waals surface area contributed by atoms with Crippen LogP contribution in [0, 0.1) is 0 Å². The molecule has 0 aromatic heterocycles. The average molecular weight is 300 g/mol. The fraction of sp³-hybridized carbons (Fsp3) is 0.882. The quantitative estimate of drug-likeness (QED) is 0.321. The van der Waals surface area contributed by atoms with Crippen LogP contribution in [0.1, 0.15) is 71.1 Å². The second kappa shape index (κ2) is 10.8. The van der Waals surface area contributed by atoms with Crippen molar-refractivity contribution in [2.75, 3.05) is 21.1 Å². The number of hydrogen-bond acceptors (Lipinski definition) is 2. The molecule has 21 heavy (non-hydrogen) atoms. The van der Waals surface area contributed by atoms with Crippen LogP contribution >= 0.6 is 0 Å². The number of likely N-dealkylation sites (N-methyl/N-ethyl adjacent to an activating group) is 1. The molecule has 0 saturated heterocycles. The molecule has 0 aromatic rings. The molecule has 4 nitrogen and oxygen atoms in total. The number of nitrogens with zero attached hydrogens (tertiary/aromatic N) is 1. The molecule has 0 amide bonds. The highest BCUT2D eigenvalue weighted by atomic mass is 16.4. The van der Waals surface area contributed by atoms with E-state index in [0.29, 0.717) is 6.42 Å². The van der Waals surface area contributed by atoms with Gasteiger partial charge in [0.25, 0.3) is 0 Å². The first kappa shape index (κ1) is 20.1. The standard InChI is InChI=1S/C17H33NO3/c1-5-6-7-8-9-10-11-12-13-14-15(19)16(17(20)21)18(2,3)4/h16H,5-14H2,1-4H3/p+1. The molecule has 0 fully saturated rings. The van der Waals surface area contributed by atoms with E-state index in [-0.39, 0.29) is 10.3 Å². The van der Waals surface area contributed by atoms with E-state index >= 15 is 0 Å². The number of carbonyl (C=O) groups is 2. The summed E-state index contributed by atoms with van der Waals surface area (Å²) in [6.07, 6.45) is 11.2. The number of Topliss-reactive ketones (excluding diaryl/α,β-unsaturated/α-hetero) is 1. The maximum atomic E-state index is 12.0. The molecule has 0 aromatic carbocycles. The first-order valence-corrected chi connectivity index (χ1v) is 8.37.